The molecule has 0 aliphatic carbocycles. The summed E-state index contributed by atoms with van der Waals surface area (Å²) in [5, 5.41) is 12.9. The van der Waals surface area contributed by atoms with Crippen LogP contribution in [0.4, 0.5) is 0 Å². The van der Waals surface area contributed by atoms with Crippen molar-refractivity contribution in [3.63, 3.8) is 0 Å². The minimum Gasteiger partial charge on any atom is -0.493 e. The fourth-order valence-electron chi connectivity index (χ4n) is 3.34. The van der Waals surface area contributed by atoms with Gasteiger partial charge in [0.2, 0.25) is 5.76 Å². The number of methoxy groups -OCH3 is 1. The molecule has 0 aliphatic heterocycles. The summed E-state index contributed by atoms with van der Waals surface area (Å²) in [4.78, 5) is 23.0. The average Bonchev–Trinajstić information content (AvgIpc) is 3.41. The number of carbonyl (C=O) groups excluding carboxylic acids is 1. The van der Waals surface area contributed by atoms with Crippen molar-refractivity contribution in [1.82, 2.24) is 5.43 Å². The second-order valence-corrected chi connectivity index (χ2v) is 7.74. The number of rotatable bonds is 11. The van der Waals surface area contributed by atoms with Crippen LogP contribution < -0.4 is 19.6 Å². The van der Waals surface area contributed by atoms with E-state index in [1.54, 1.807) is 18.2 Å². The van der Waals surface area contributed by atoms with Crippen molar-refractivity contribution in [2.75, 3.05) is 13.7 Å². The summed E-state index contributed by atoms with van der Waals surface area (Å²) in [6.07, 6.45) is 1.46. The predicted molar refractivity (Wildman–Crippen MR) is 136 cm³/mol. The number of ether oxygens (including phenoxy) is 3. The smallest absolute Gasteiger partial charge is 0.371 e. The van der Waals surface area contributed by atoms with Gasteiger partial charge in [0, 0.05) is 0 Å². The summed E-state index contributed by atoms with van der Waals surface area (Å²) in [6.45, 7) is -0.156. The Hall–Kier alpha value is -5.05. The molecule has 0 spiro atoms. The fourth-order valence-corrected chi connectivity index (χ4v) is 3.34. The van der Waals surface area contributed by atoms with Crippen LogP contribution >= 0.6 is 0 Å². The number of amides is 1. The van der Waals surface area contributed by atoms with Crippen LogP contribution in [-0.4, -0.2) is 36.9 Å². The fraction of sp³-hybridized carbons (Fsp3) is 0.107. The molecule has 1 aromatic heterocycles. The van der Waals surface area contributed by atoms with E-state index < -0.39 is 11.9 Å². The Labute approximate surface area is 212 Å². The molecule has 1 amide bonds. The molecule has 4 aromatic rings. The Morgan fingerprint density at radius 1 is 0.919 bits per heavy atom. The Kier molecular flexibility index (Phi) is 8.18. The second-order valence-electron chi connectivity index (χ2n) is 7.74. The number of hydrogen-bond donors (Lipinski definition) is 2. The SMILES string of the molecule is COc1cc(/C=N/NC(=O)COc2ccc(-c3ccccc3)cc2)ccc1OCc1ccc(C(=O)O)o1. The van der Waals surface area contributed by atoms with Gasteiger partial charge in [0.1, 0.15) is 18.1 Å². The molecule has 0 unspecified atom stereocenters. The highest BCUT2D eigenvalue weighted by Crippen LogP contribution is 2.28. The van der Waals surface area contributed by atoms with Crippen molar-refractivity contribution in [1.29, 1.82) is 0 Å². The Morgan fingerprint density at radius 2 is 1.68 bits per heavy atom. The van der Waals surface area contributed by atoms with Crippen LogP contribution in [0.5, 0.6) is 17.2 Å². The number of benzene rings is 3. The summed E-state index contributed by atoms with van der Waals surface area (Å²) >= 11 is 0. The van der Waals surface area contributed by atoms with Crippen molar-refractivity contribution in [3.05, 3.63) is 102 Å². The van der Waals surface area contributed by atoms with Gasteiger partial charge >= 0.3 is 5.97 Å². The first-order chi connectivity index (χ1) is 18.0. The number of hydrazone groups is 1. The summed E-state index contributed by atoms with van der Waals surface area (Å²) in [7, 11) is 1.49. The van der Waals surface area contributed by atoms with E-state index in [1.807, 2.05) is 54.6 Å². The molecule has 1 heterocycles. The molecule has 0 saturated carbocycles. The summed E-state index contributed by atoms with van der Waals surface area (Å²) in [5.41, 5.74) is 5.24. The second kappa shape index (κ2) is 12.1. The van der Waals surface area contributed by atoms with E-state index in [0.29, 0.717) is 28.6 Å². The lowest BCUT2D eigenvalue weighted by Gasteiger charge is -2.10. The van der Waals surface area contributed by atoms with Gasteiger partial charge in [0.25, 0.3) is 5.91 Å². The first-order valence-electron chi connectivity index (χ1n) is 11.2. The van der Waals surface area contributed by atoms with Gasteiger partial charge < -0.3 is 23.7 Å². The van der Waals surface area contributed by atoms with Gasteiger partial charge in [-0.05, 0) is 59.2 Å². The molecule has 0 atom stereocenters. The Balaban J connectivity index is 1.25. The first kappa shape index (κ1) is 25.1. The predicted octanol–water partition coefficient (Wildman–Crippen LogP) is 4.76. The third kappa shape index (κ3) is 6.98. The van der Waals surface area contributed by atoms with Crippen molar-refractivity contribution < 1.29 is 33.3 Å². The van der Waals surface area contributed by atoms with E-state index in [4.69, 9.17) is 23.7 Å². The Bertz CT molecular complexity index is 1380. The molecule has 0 aliphatic rings. The van der Waals surface area contributed by atoms with Gasteiger partial charge in [-0.2, -0.15) is 5.10 Å². The van der Waals surface area contributed by atoms with E-state index in [-0.39, 0.29) is 19.0 Å². The molecule has 0 fully saturated rings. The monoisotopic (exact) mass is 500 g/mol. The normalized spacial score (nSPS) is 10.7. The van der Waals surface area contributed by atoms with Crippen molar-refractivity contribution in [2.24, 2.45) is 5.10 Å². The summed E-state index contributed by atoms with van der Waals surface area (Å²) < 4.78 is 21.7. The van der Waals surface area contributed by atoms with Crippen LogP contribution in [-0.2, 0) is 11.4 Å². The molecule has 9 heteroatoms. The highest BCUT2D eigenvalue weighted by atomic mass is 16.5. The standard InChI is InChI=1S/C28H24N2O7/c1-34-26-15-19(7-13-24(26)36-17-23-12-14-25(37-23)28(32)33)16-29-30-27(31)18-35-22-10-8-21(9-11-22)20-5-3-2-4-6-20/h2-16H,17-18H2,1H3,(H,30,31)(H,32,33)/b29-16+. The molecule has 2 N–H and O–H groups in total. The molecule has 0 bridgehead atoms. The van der Waals surface area contributed by atoms with Crippen molar-refractivity contribution in [2.45, 2.75) is 6.61 Å². The van der Waals surface area contributed by atoms with Crippen LogP contribution in [0.1, 0.15) is 21.9 Å². The van der Waals surface area contributed by atoms with E-state index in [2.05, 4.69) is 10.5 Å². The topological polar surface area (TPSA) is 120 Å². The van der Waals surface area contributed by atoms with Gasteiger partial charge in [0.15, 0.2) is 18.1 Å². The minimum absolute atomic E-state index is 0.0299. The number of carboxylic acid groups (broad SMARTS) is 1. The van der Waals surface area contributed by atoms with Crippen molar-refractivity contribution in [3.8, 4) is 28.4 Å². The summed E-state index contributed by atoms with van der Waals surface area (Å²) in [6, 6.07) is 25.4. The zero-order valence-corrected chi connectivity index (χ0v) is 19.9. The van der Waals surface area contributed by atoms with Gasteiger partial charge in [-0.25, -0.2) is 10.2 Å². The average molecular weight is 501 g/mol. The van der Waals surface area contributed by atoms with Crippen molar-refractivity contribution >= 4 is 18.1 Å². The maximum Gasteiger partial charge on any atom is 0.371 e. The van der Waals surface area contributed by atoms with E-state index in [0.717, 1.165) is 11.1 Å². The lowest BCUT2D eigenvalue weighted by Crippen LogP contribution is -2.24. The third-order valence-corrected chi connectivity index (χ3v) is 5.16. The molecule has 9 nitrogen and oxygen atoms in total. The van der Waals surface area contributed by atoms with E-state index in [9.17, 15) is 9.59 Å². The van der Waals surface area contributed by atoms with Crippen LogP contribution in [0.3, 0.4) is 0 Å². The highest BCUT2D eigenvalue weighted by molar-refractivity contribution is 5.84. The number of hydrogen-bond acceptors (Lipinski definition) is 7. The third-order valence-electron chi connectivity index (χ3n) is 5.16. The van der Waals surface area contributed by atoms with Crippen LogP contribution in [0.15, 0.2) is 94.4 Å². The first-order valence-corrected chi connectivity index (χ1v) is 11.2. The van der Waals surface area contributed by atoms with Crippen LogP contribution in [0.25, 0.3) is 11.1 Å². The van der Waals surface area contributed by atoms with Gasteiger partial charge in [-0.3, -0.25) is 4.79 Å². The maximum atomic E-state index is 12.1. The number of aromatic carboxylic acids is 1. The number of carboxylic acids is 1. The van der Waals surface area contributed by atoms with E-state index >= 15 is 0 Å². The van der Waals surface area contributed by atoms with E-state index in [1.165, 1.54) is 25.5 Å². The largest absolute Gasteiger partial charge is 0.493 e. The number of furan rings is 1. The Morgan fingerprint density at radius 3 is 2.38 bits per heavy atom. The number of nitrogens with zero attached hydrogens (tertiary/aromatic N) is 1. The molecule has 3 aromatic carbocycles. The molecule has 37 heavy (non-hydrogen) atoms. The molecular formula is C28H24N2O7. The zero-order valence-electron chi connectivity index (χ0n) is 19.9. The molecule has 4 rings (SSSR count). The number of nitrogens with one attached hydrogen (secondary N) is 1. The molecular weight excluding hydrogens is 476 g/mol. The quantitative estimate of drug-likeness (QED) is 0.225. The van der Waals surface area contributed by atoms with Crippen LogP contribution in [0, 0.1) is 0 Å². The summed E-state index contributed by atoms with van der Waals surface area (Å²) in [5.74, 6) is 0.0879. The lowest BCUT2D eigenvalue weighted by molar-refractivity contribution is -0.123. The highest BCUT2D eigenvalue weighted by Gasteiger charge is 2.11. The molecule has 188 valence electrons. The molecule has 0 radical (unpaired) electrons. The van der Waals surface area contributed by atoms with Crippen LogP contribution in [0.2, 0.25) is 0 Å². The maximum absolute atomic E-state index is 12.1. The number of carbonyl (C=O) groups is 2. The van der Waals surface area contributed by atoms with Gasteiger partial charge in [0.05, 0.1) is 13.3 Å². The zero-order chi connectivity index (χ0) is 26.0. The molecule has 0 saturated heterocycles. The lowest BCUT2D eigenvalue weighted by atomic mass is 10.1. The van der Waals surface area contributed by atoms with Gasteiger partial charge in [-0.1, -0.05) is 42.5 Å². The van der Waals surface area contributed by atoms with Gasteiger partial charge in [-0.15, -0.1) is 0 Å². The minimum atomic E-state index is -1.15.